The van der Waals surface area contributed by atoms with Gasteiger partial charge in [-0.25, -0.2) is 9.59 Å². The second-order valence-corrected chi connectivity index (χ2v) is 6.11. The van der Waals surface area contributed by atoms with Crippen molar-refractivity contribution in [1.29, 1.82) is 0 Å². The van der Waals surface area contributed by atoms with Crippen LogP contribution in [-0.4, -0.2) is 18.5 Å². The fourth-order valence-corrected chi connectivity index (χ4v) is 2.39. The summed E-state index contributed by atoms with van der Waals surface area (Å²) in [6.07, 6.45) is 8.72. The van der Waals surface area contributed by atoms with E-state index in [9.17, 15) is 9.59 Å². The molecule has 0 amide bonds. The topological polar surface area (TPSA) is 52.6 Å². The van der Waals surface area contributed by atoms with Crippen LogP contribution in [0.15, 0.2) is 30.4 Å². The van der Waals surface area contributed by atoms with Crippen molar-refractivity contribution < 1.29 is 19.1 Å². The van der Waals surface area contributed by atoms with Crippen LogP contribution in [0.4, 0.5) is 0 Å². The van der Waals surface area contributed by atoms with E-state index in [4.69, 9.17) is 32.7 Å². The molecule has 0 fully saturated rings. The van der Waals surface area contributed by atoms with E-state index in [1.807, 2.05) is 0 Å². The molecule has 1 rings (SSSR count). The number of unbranched alkanes of at least 4 members (excludes halogenated alkanes) is 5. The molecule has 1 aromatic carbocycles. The van der Waals surface area contributed by atoms with Crippen LogP contribution in [0.1, 0.15) is 45.4 Å². The molecule has 0 aromatic heterocycles. The zero-order valence-electron chi connectivity index (χ0n) is 13.7. The Morgan fingerprint density at radius 1 is 1.00 bits per heavy atom. The first kappa shape index (κ1) is 20.5. The third-order valence-corrected chi connectivity index (χ3v) is 3.73. The molecule has 0 unspecified atom stereocenters. The lowest BCUT2D eigenvalue weighted by Gasteiger charge is -2.04. The minimum absolute atomic E-state index is 0.177. The molecule has 0 aliphatic carbocycles. The van der Waals surface area contributed by atoms with E-state index in [0.29, 0.717) is 11.6 Å². The summed E-state index contributed by atoms with van der Waals surface area (Å²) in [4.78, 5) is 23.1. The van der Waals surface area contributed by atoms with Gasteiger partial charge in [0, 0.05) is 17.2 Å². The molecule has 0 saturated carbocycles. The molecule has 6 heteroatoms. The summed E-state index contributed by atoms with van der Waals surface area (Å²) in [5, 5.41) is 0.656. The van der Waals surface area contributed by atoms with Crippen LogP contribution in [0.25, 0.3) is 0 Å². The maximum atomic E-state index is 11.6. The van der Waals surface area contributed by atoms with Crippen LogP contribution in [0.3, 0.4) is 0 Å². The highest BCUT2D eigenvalue weighted by Crippen LogP contribution is 2.27. The van der Waals surface area contributed by atoms with Gasteiger partial charge in [-0.15, -0.1) is 0 Å². The summed E-state index contributed by atoms with van der Waals surface area (Å²) >= 11 is 11.6. The summed E-state index contributed by atoms with van der Waals surface area (Å²) in [5.74, 6) is -1.10. The van der Waals surface area contributed by atoms with Crippen molar-refractivity contribution >= 4 is 35.1 Å². The molecule has 132 valence electrons. The molecule has 0 spiro atoms. The number of carbonyl (C=O) groups excluding carboxylic acids is 2. The first-order chi connectivity index (χ1) is 11.5. The van der Waals surface area contributed by atoms with E-state index >= 15 is 0 Å². The molecule has 0 radical (unpaired) electrons. The molecule has 0 aliphatic heterocycles. The lowest BCUT2D eigenvalue weighted by atomic mass is 10.1. The smallest absolute Gasteiger partial charge is 0.336 e. The van der Waals surface area contributed by atoms with Crippen molar-refractivity contribution in [2.45, 2.75) is 45.4 Å². The predicted molar refractivity (Wildman–Crippen MR) is 95.6 cm³/mol. The second kappa shape index (κ2) is 11.9. The van der Waals surface area contributed by atoms with Crippen LogP contribution < -0.4 is 4.74 Å². The third-order valence-electron chi connectivity index (χ3n) is 3.20. The number of halogens is 2. The Kier molecular flexibility index (Phi) is 10.2. The fraction of sp³-hybridized carbons (Fsp3) is 0.444. The van der Waals surface area contributed by atoms with E-state index in [2.05, 4.69) is 6.92 Å². The van der Waals surface area contributed by atoms with Crippen LogP contribution in [0.5, 0.6) is 5.75 Å². The number of hydrogen-bond donors (Lipinski definition) is 0. The Hall–Kier alpha value is -1.52. The monoisotopic (exact) mass is 372 g/mol. The average Bonchev–Trinajstić information content (AvgIpc) is 2.55. The highest BCUT2D eigenvalue weighted by Gasteiger charge is 2.07. The number of hydrogen-bond acceptors (Lipinski definition) is 4. The molecule has 0 aliphatic rings. The predicted octanol–water partition coefficient (Wildman–Crippen LogP) is 5.36. The number of rotatable bonds is 10. The largest absolute Gasteiger partial charge is 0.463 e. The molecule has 0 bridgehead atoms. The van der Waals surface area contributed by atoms with Crippen molar-refractivity contribution in [3.63, 3.8) is 0 Å². The van der Waals surface area contributed by atoms with Crippen LogP contribution in [-0.2, 0) is 14.3 Å². The van der Waals surface area contributed by atoms with Gasteiger partial charge in [0.15, 0.2) is 0 Å². The van der Waals surface area contributed by atoms with Crippen molar-refractivity contribution in [3.8, 4) is 5.75 Å². The third kappa shape index (κ3) is 8.94. The van der Waals surface area contributed by atoms with Gasteiger partial charge in [0.2, 0.25) is 0 Å². The van der Waals surface area contributed by atoms with E-state index in [1.165, 1.54) is 31.4 Å². The van der Waals surface area contributed by atoms with Crippen LogP contribution >= 0.6 is 23.2 Å². The van der Waals surface area contributed by atoms with Gasteiger partial charge in [-0.05, 0) is 24.6 Å². The first-order valence-corrected chi connectivity index (χ1v) is 8.80. The summed E-state index contributed by atoms with van der Waals surface area (Å²) in [6, 6.07) is 4.49. The standard InChI is InChI=1S/C18H22Cl2O4/c1-2-3-4-5-6-7-12-23-17(21)10-11-18(22)24-16-9-8-14(19)13-15(16)20/h8-11,13H,2-7,12H2,1H3/b11-10+. The summed E-state index contributed by atoms with van der Waals surface area (Å²) < 4.78 is 10.0. The fourth-order valence-electron chi connectivity index (χ4n) is 1.94. The van der Waals surface area contributed by atoms with E-state index < -0.39 is 11.9 Å². The number of carbonyl (C=O) groups is 2. The second-order valence-electron chi connectivity index (χ2n) is 5.26. The number of benzene rings is 1. The molecule has 0 heterocycles. The molecule has 0 saturated heterocycles. The lowest BCUT2D eigenvalue weighted by Crippen LogP contribution is -2.07. The zero-order valence-corrected chi connectivity index (χ0v) is 15.2. The van der Waals surface area contributed by atoms with E-state index in [-0.39, 0.29) is 10.8 Å². The summed E-state index contributed by atoms with van der Waals surface area (Å²) in [6.45, 7) is 2.52. The Bertz CT molecular complexity index is 570. The Balaban J connectivity index is 2.24. The molecular formula is C18H22Cl2O4. The van der Waals surface area contributed by atoms with Gasteiger partial charge in [0.25, 0.3) is 0 Å². The average molecular weight is 373 g/mol. The van der Waals surface area contributed by atoms with Crippen molar-refractivity contribution in [1.82, 2.24) is 0 Å². The van der Waals surface area contributed by atoms with Gasteiger partial charge in [-0.1, -0.05) is 62.2 Å². The SMILES string of the molecule is CCCCCCCCOC(=O)/C=C/C(=O)Oc1ccc(Cl)cc1Cl. The van der Waals surface area contributed by atoms with Gasteiger partial charge in [0.05, 0.1) is 11.6 Å². The minimum Gasteiger partial charge on any atom is -0.463 e. The highest BCUT2D eigenvalue weighted by molar-refractivity contribution is 6.35. The van der Waals surface area contributed by atoms with Crippen molar-refractivity contribution in [2.24, 2.45) is 0 Å². The van der Waals surface area contributed by atoms with E-state index in [1.54, 1.807) is 6.07 Å². The van der Waals surface area contributed by atoms with E-state index in [0.717, 1.165) is 31.4 Å². The minimum atomic E-state index is -0.712. The molecule has 0 N–H and O–H groups in total. The highest BCUT2D eigenvalue weighted by atomic mass is 35.5. The van der Waals surface area contributed by atoms with Crippen LogP contribution in [0.2, 0.25) is 10.0 Å². The lowest BCUT2D eigenvalue weighted by molar-refractivity contribution is -0.138. The Morgan fingerprint density at radius 2 is 1.67 bits per heavy atom. The maximum absolute atomic E-state index is 11.6. The molecule has 4 nitrogen and oxygen atoms in total. The summed E-state index contributed by atoms with van der Waals surface area (Å²) in [7, 11) is 0. The normalized spacial score (nSPS) is 10.8. The van der Waals surface area contributed by atoms with Crippen LogP contribution in [0, 0.1) is 0 Å². The molecule has 0 atom stereocenters. The first-order valence-electron chi connectivity index (χ1n) is 8.04. The quantitative estimate of drug-likeness (QED) is 0.240. The zero-order chi connectivity index (χ0) is 17.8. The van der Waals surface area contributed by atoms with Gasteiger partial charge >= 0.3 is 11.9 Å². The summed E-state index contributed by atoms with van der Waals surface area (Å²) in [5.41, 5.74) is 0. The van der Waals surface area contributed by atoms with Gasteiger partial charge in [0.1, 0.15) is 5.75 Å². The number of ether oxygens (including phenoxy) is 2. The van der Waals surface area contributed by atoms with Crippen molar-refractivity contribution in [2.75, 3.05) is 6.61 Å². The molecule has 24 heavy (non-hydrogen) atoms. The molecule has 1 aromatic rings. The maximum Gasteiger partial charge on any atom is 0.336 e. The van der Waals surface area contributed by atoms with Crippen molar-refractivity contribution in [3.05, 3.63) is 40.4 Å². The van der Waals surface area contributed by atoms with Gasteiger partial charge in [-0.3, -0.25) is 0 Å². The Morgan fingerprint density at radius 3 is 2.38 bits per heavy atom. The molecular weight excluding hydrogens is 351 g/mol. The number of esters is 2. The van der Waals surface area contributed by atoms with Gasteiger partial charge in [-0.2, -0.15) is 0 Å². The Labute approximate surface area is 152 Å². The van der Waals surface area contributed by atoms with Gasteiger partial charge < -0.3 is 9.47 Å².